The molecular formula is C20H18ClN5O2. The molecule has 28 heavy (non-hydrogen) atoms. The van der Waals surface area contributed by atoms with Gasteiger partial charge in [0.15, 0.2) is 5.75 Å². The lowest BCUT2D eigenvalue weighted by Crippen LogP contribution is -2.00. The minimum Gasteiger partial charge on any atom is -0.423 e. The fraction of sp³-hybridized carbons (Fsp3) is 0.300. The molecule has 4 rings (SSSR count). The maximum absolute atomic E-state index is 9.06. The summed E-state index contributed by atoms with van der Waals surface area (Å²) in [7, 11) is 0. The SMILES string of the molecule is CCc1[nH]c2nc(Oc3cncc(C#N)c3)nc(C3=CCCOCC3)c2c1Cl. The standard InChI is InChI=1S/C20H18ClN5O2/c1-2-15-17(21)16-18(13-4-3-6-27-7-5-13)25-20(26-19(16)24-15)28-14-8-12(9-22)10-23-11-14/h4,8,10-11H,2-3,5-7H2,1H3,(H,24,25,26). The van der Waals surface area contributed by atoms with Crippen LogP contribution in [-0.4, -0.2) is 33.1 Å². The van der Waals surface area contributed by atoms with E-state index in [9.17, 15) is 0 Å². The first-order valence-electron chi connectivity index (χ1n) is 9.07. The number of rotatable bonds is 4. The second-order valence-corrected chi connectivity index (χ2v) is 6.73. The van der Waals surface area contributed by atoms with Gasteiger partial charge in [-0.25, -0.2) is 0 Å². The van der Waals surface area contributed by atoms with Crippen molar-refractivity contribution in [3.63, 3.8) is 0 Å². The van der Waals surface area contributed by atoms with Crippen LogP contribution in [0.4, 0.5) is 0 Å². The monoisotopic (exact) mass is 395 g/mol. The third-order valence-corrected chi connectivity index (χ3v) is 4.94. The highest BCUT2D eigenvalue weighted by Gasteiger charge is 2.20. The lowest BCUT2D eigenvalue weighted by molar-refractivity contribution is 0.148. The van der Waals surface area contributed by atoms with E-state index < -0.39 is 0 Å². The Morgan fingerprint density at radius 3 is 3.04 bits per heavy atom. The van der Waals surface area contributed by atoms with Crippen LogP contribution in [0.3, 0.4) is 0 Å². The molecule has 1 N–H and O–H groups in total. The summed E-state index contributed by atoms with van der Waals surface area (Å²) in [5.41, 5.74) is 3.73. The van der Waals surface area contributed by atoms with Crippen LogP contribution in [-0.2, 0) is 11.2 Å². The predicted molar refractivity (Wildman–Crippen MR) is 105 cm³/mol. The van der Waals surface area contributed by atoms with E-state index in [-0.39, 0.29) is 6.01 Å². The number of pyridine rings is 1. The van der Waals surface area contributed by atoms with Gasteiger partial charge in [0, 0.05) is 18.0 Å². The number of H-pyrrole nitrogens is 1. The summed E-state index contributed by atoms with van der Waals surface area (Å²) >= 11 is 6.62. The molecule has 7 nitrogen and oxygen atoms in total. The third-order valence-electron chi connectivity index (χ3n) is 4.52. The zero-order chi connectivity index (χ0) is 19.5. The van der Waals surface area contributed by atoms with Crippen LogP contribution < -0.4 is 4.74 Å². The summed E-state index contributed by atoms with van der Waals surface area (Å²) in [4.78, 5) is 16.4. The zero-order valence-electron chi connectivity index (χ0n) is 15.3. The second-order valence-electron chi connectivity index (χ2n) is 6.35. The average Bonchev–Trinajstić information content (AvgIpc) is 2.88. The Balaban J connectivity index is 1.84. The molecule has 3 aromatic heterocycles. The van der Waals surface area contributed by atoms with Gasteiger partial charge in [-0.05, 0) is 24.8 Å². The Labute approximate surface area is 167 Å². The van der Waals surface area contributed by atoms with Gasteiger partial charge in [-0.1, -0.05) is 24.6 Å². The van der Waals surface area contributed by atoms with Gasteiger partial charge < -0.3 is 14.5 Å². The summed E-state index contributed by atoms with van der Waals surface area (Å²) in [6.45, 7) is 3.35. The lowest BCUT2D eigenvalue weighted by Gasteiger charge is -2.10. The predicted octanol–water partition coefficient (Wildman–Crippen LogP) is 4.43. The van der Waals surface area contributed by atoms with Gasteiger partial charge in [0.05, 0.1) is 41.1 Å². The first-order valence-corrected chi connectivity index (χ1v) is 9.45. The zero-order valence-corrected chi connectivity index (χ0v) is 16.1. The van der Waals surface area contributed by atoms with Crippen LogP contribution in [0, 0.1) is 11.3 Å². The molecular weight excluding hydrogens is 378 g/mol. The number of ether oxygens (including phenoxy) is 2. The van der Waals surface area contributed by atoms with Crippen LogP contribution in [0.25, 0.3) is 16.6 Å². The highest BCUT2D eigenvalue weighted by Crippen LogP contribution is 2.35. The molecule has 4 heterocycles. The first-order chi connectivity index (χ1) is 13.7. The van der Waals surface area contributed by atoms with Gasteiger partial charge in [-0.3, -0.25) is 4.98 Å². The van der Waals surface area contributed by atoms with Gasteiger partial charge in [-0.2, -0.15) is 15.2 Å². The number of fused-ring (bicyclic) bond motifs is 1. The van der Waals surface area contributed by atoms with E-state index in [2.05, 4.69) is 26.0 Å². The van der Waals surface area contributed by atoms with Gasteiger partial charge in [-0.15, -0.1) is 0 Å². The number of aromatic amines is 1. The Hall–Kier alpha value is -2.95. The van der Waals surface area contributed by atoms with E-state index in [1.807, 2.05) is 13.0 Å². The minimum absolute atomic E-state index is 0.172. The smallest absolute Gasteiger partial charge is 0.324 e. The van der Waals surface area contributed by atoms with E-state index >= 15 is 0 Å². The van der Waals surface area contributed by atoms with Crippen molar-refractivity contribution in [3.05, 3.63) is 46.5 Å². The number of hydrogen-bond donors (Lipinski definition) is 1. The van der Waals surface area contributed by atoms with Crippen molar-refractivity contribution in [2.45, 2.75) is 26.2 Å². The van der Waals surface area contributed by atoms with Crippen LogP contribution in [0.2, 0.25) is 5.02 Å². The topological polar surface area (TPSA) is 96.7 Å². The molecule has 0 unspecified atom stereocenters. The highest BCUT2D eigenvalue weighted by atomic mass is 35.5. The Kier molecular flexibility index (Phi) is 5.24. The molecule has 142 valence electrons. The molecule has 0 spiro atoms. The van der Waals surface area contributed by atoms with Gasteiger partial charge >= 0.3 is 6.01 Å². The Morgan fingerprint density at radius 2 is 2.21 bits per heavy atom. The molecule has 0 aliphatic carbocycles. The summed E-state index contributed by atoms with van der Waals surface area (Å²) in [6, 6.07) is 3.81. The molecule has 0 radical (unpaired) electrons. The number of aromatic nitrogens is 4. The molecule has 3 aromatic rings. The molecule has 0 saturated heterocycles. The molecule has 0 amide bonds. The number of nitrogens with zero attached hydrogens (tertiary/aromatic N) is 4. The summed E-state index contributed by atoms with van der Waals surface area (Å²) in [6.07, 6.45) is 7.42. The summed E-state index contributed by atoms with van der Waals surface area (Å²) in [5.74, 6) is 0.399. The normalized spacial score (nSPS) is 14.4. The second kappa shape index (κ2) is 7.97. The third kappa shape index (κ3) is 3.57. The maximum Gasteiger partial charge on any atom is 0.324 e. The van der Waals surface area contributed by atoms with Crippen LogP contribution >= 0.6 is 11.6 Å². The number of aryl methyl sites for hydroxylation is 1. The molecule has 0 saturated carbocycles. The number of nitriles is 1. The Bertz CT molecular complexity index is 1100. The van der Waals surface area contributed by atoms with Crippen molar-refractivity contribution in [2.24, 2.45) is 0 Å². The maximum atomic E-state index is 9.06. The lowest BCUT2D eigenvalue weighted by atomic mass is 10.1. The fourth-order valence-corrected chi connectivity index (χ4v) is 3.53. The van der Waals surface area contributed by atoms with Crippen molar-refractivity contribution in [2.75, 3.05) is 13.2 Å². The van der Waals surface area contributed by atoms with Gasteiger partial charge in [0.25, 0.3) is 0 Å². The van der Waals surface area contributed by atoms with Crippen LogP contribution in [0.1, 0.15) is 36.7 Å². The molecule has 1 aliphatic rings. The Morgan fingerprint density at radius 1 is 1.32 bits per heavy atom. The summed E-state index contributed by atoms with van der Waals surface area (Å²) in [5, 5.41) is 10.5. The van der Waals surface area contributed by atoms with Crippen LogP contribution in [0.5, 0.6) is 11.8 Å². The van der Waals surface area contributed by atoms with E-state index in [4.69, 9.17) is 26.3 Å². The fourth-order valence-electron chi connectivity index (χ4n) is 3.17. The highest BCUT2D eigenvalue weighted by molar-refractivity contribution is 6.36. The molecule has 8 heteroatoms. The molecule has 1 aliphatic heterocycles. The van der Waals surface area contributed by atoms with Crippen molar-refractivity contribution >= 4 is 28.2 Å². The number of nitrogens with one attached hydrogen (secondary N) is 1. The van der Waals surface area contributed by atoms with E-state index in [0.29, 0.717) is 35.2 Å². The van der Waals surface area contributed by atoms with Crippen LogP contribution in [0.15, 0.2) is 24.5 Å². The van der Waals surface area contributed by atoms with Crippen molar-refractivity contribution in [1.29, 1.82) is 5.26 Å². The average molecular weight is 396 g/mol. The van der Waals surface area contributed by atoms with Gasteiger partial charge in [0.1, 0.15) is 11.7 Å². The first kappa shape index (κ1) is 18.4. The van der Waals surface area contributed by atoms with E-state index in [0.717, 1.165) is 41.6 Å². The largest absolute Gasteiger partial charge is 0.423 e. The van der Waals surface area contributed by atoms with E-state index in [1.165, 1.54) is 12.4 Å². The minimum atomic E-state index is 0.172. The van der Waals surface area contributed by atoms with Crippen molar-refractivity contribution < 1.29 is 9.47 Å². The van der Waals surface area contributed by atoms with Crippen molar-refractivity contribution in [1.82, 2.24) is 19.9 Å². The van der Waals surface area contributed by atoms with E-state index in [1.54, 1.807) is 6.07 Å². The quantitative estimate of drug-likeness (QED) is 0.702. The molecule has 0 atom stereocenters. The number of hydrogen-bond acceptors (Lipinski definition) is 6. The summed E-state index contributed by atoms with van der Waals surface area (Å²) < 4.78 is 11.4. The molecule has 0 fully saturated rings. The van der Waals surface area contributed by atoms with Gasteiger partial charge in [0.2, 0.25) is 0 Å². The number of halogens is 1. The molecule has 0 bridgehead atoms. The molecule has 0 aromatic carbocycles. The van der Waals surface area contributed by atoms with Crippen molar-refractivity contribution in [3.8, 4) is 17.8 Å².